The molecule has 1 fully saturated rings. The van der Waals surface area contributed by atoms with Gasteiger partial charge in [0.2, 0.25) is 0 Å². The lowest BCUT2D eigenvalue weighted by Crippen LogP contribution is -2.24. The highest BCUT2D eigenvalue weighted by molar-refractivity contribution is 5.90. The Hall–Kier alpha value is -1.57. The first-order chi connectivity index (χ1) is 17.1. The Morgan fingerprint density at radius 1 is 0.886 bits per heavy atom. The van der Waals surface area contributed by atoms with Gasteiger partial charge < -0.3 is 4.74 Å². The summed E-state index contributed by atoms with van der Waals surface area (Å²) >= 11 is 0. The van der Waals surface area contributed by atoms with E-state index >= 15 is 0 Å². The average molecular weight is 481 g/mol. The second kappa shape index (κ2) is 15.5. The molecule has 2 unspecified atom stereocenters. The van der Waals surface area contributed by atoms with Crippen molar-refractivity contribution in [3.63, 3.8) is 0 Å². The van der Waals surface area contributed by atoms with Gasteiger partial charge in [0.1, 0.15) is 6.10 Å². The second-order valence-corrected chi connectivity index (χ2v) is 11.6. The number of carbonyl (C=O) groups is 1. The Labute approximate surface area is 216 Å². The van der Waals surface area contributed by atoms with Gasteiger partial charge in [-0.15, -0.1) is 0 Å². The van der Waals surface area contributed by atoms with E-state index in [-0.39, 0.29) is 12.1 Å². The molecular weight excluding hydrogens is 428 g/mol. The Kier molecular flexibility index (Phi) is 12.4. The monoisotopic (exact) mass is 480 g/mol. The molecule has 2 heteroatoms. The number of allylic oxidation sites excluding steroid dienone is 2. The lowest BCUT2D eigenvalue weighted by atomic mass is 9.78. The van der Waals surface area contributed by atoms with Crippen LogP contribution in [0.4, 0.5) is 0 Å². The van der Waals surface area contributed by atoms with Crippen molar-refractivity contribution in [2.45, 2.75) is 136 Å². The van der Waals surface area contributed by atoms with Crippen LogP contribution in [0.1, 0.15) is 146 Å². The van der Waals surface area contributed by atoms with Gasteiger partial charge in [-0.05, 0) is 86.0 Å². The van der Waals surface area contributed by atoms with E-state index in [1.165, 1.54) is 101 Å². The third kappa shape index (κ3) is 9.43. The van der Waals surface area contributed by atoms with Crippen LogP contribution in [-0.2, 0) is 4.74 Å². The van der Waals surface area contributed by atoms with Crippen LogP contribution >= 0.6 is 0 Å². The Morgan fingerprint density at radius 2 is 1.57 bits per heavy atom. The third-order valence-corrected chi connectivity index (χ3v) is 8.79. The summed E-state index contributed by atoms with van der Waals surface area (Å²) in [5, 5.41) is 0. The summed E-state index contributed by atoms with van der Waals surface area (Å²) in [6.45, 7) is 7.00. The normalized spacial score (nSPS) is 23.5. The largest absolute Gasteiger partial charge is 0.459 e. The maximum absolute atomic E-state index is 12.7. The van der Waals surface area contributed by atoms with Crippen molar-refractivity contribution in [3.8, 4) is 0 Å². The molecule has 0 spiro atoms. The third-order valence-electron chi connectivity index (χ3n) is 8.79. The minimum atomic E-state index is -0.141. The topological polar surface area (TPSA) is 26.3 Å². The highest BCUT2D eigenvalue weighted by Gasteiger charge is 2.25. The van der Waals surface area contributed by atoms with Crippen LogP contribution in [0, 0.1) is 17.8 Å². The SMILES string of the molecule is CCCCCCCC1CCC(OC(=O)c2ccc(C3=CCC(C(C)CCCCC)CC3)cc2)CC1. The summed E-state index contributed by atoms with van der Waals surface area (Å²) in [6, 6.07) is 8.20. The van der Waals surface area contributed by atoms with E-state index in [2.05, 4.69) is 39.0 Å². The van der Waals surface area contributed by atoms with E-state index < -0.39 is 0 Å². The molecule has 2 aliphatic carbocycles. The van der Waals surface area contributed by atoms with E-state index in [0.717, 1.165) is 37.0 Å². The van der Waals surface area contributed by atoms with Gasteiger partial charge in [-0.3, -0.25) is 0 Å². The predicted molar refractivity (Wildman–Crippen MR) is 150 cm³/mol. The first-order valence-corrected chi connectivity index (χ1v) is 15.1. The quantitative estimate of drug-likeness (QED) is 0.195. The van der Waals surface area contributed by atoms with Crippen molar-refractivity contribution in [1.82, 2.24) is 0 Å². The molecular formula is C33H52O2. The summed E-state index contributed by atoms with van der Waals surface area (Å²) in [4.78, 5) is 12.7. The lowest BCUT2D eigenvalue weighted by molar-refractivity contribution is 0.0161. The van der Waals surface area contributed by atoms with E-state index in [4.69, 9.17) is 4.74 Å². The van der Waals surface area contributed by atoms with Crippen molar-refractivity contribution in [2.75, 3.05) is 0 Å². The molecule has 1 aromatic rings. The van der Waals surface area contributed by atoms with Crippen LogP contribution in [0.2, 0.25) is 0 Å². The molecule has 0 aliphatic heterocycles. The van der Waals surface area contributed by atoms with E-state index in [1.54, 1.807) is 0 Å². The number of benzene rings is 1. The van der Waals surface area contributed by atoms with Crippen molar-refractivity contribution < 1.29 is 9.53 Å². The lowest BCUT2D eigenvalue weighted by Gasteiger charge is -2.28. The second-order valence-electron chi connectivity index (χ2n) is 11.6. The number of hydrogen-bond acceptors (Lipinski definition) is 2. The van der Waals surface area contributed by atoms with Gasteiger partial charge in [-0.2, -0.15) is 0 Å². The summed E-state index contributed by atoms with van der Waals surface area (Å²) < 4.78 is 5.90. The zero-order valence-corrected chi connectivity index (χ0v) is 23.0. The summed E-state index contributed by atoms with van der Waals surface area (Å²) in [7, 11) is 0. The first-order valence-electron chi connectivity index (χ1n) is 15.1. The highest BCUT2D eigenvalue weighted by Crippen LogP contribution is 2.36. The smallest absolute Gasteiger partial charge is 0.338 e. The number of esters is 1. The maximum Gasteiger partial charge on any atom is 0.338 e. The Bertz CT molecular complexity index is 754. The van der Waals surface area contributed by atoms with Gasteiger partial charge in [0.15, 0.2) is 0 Å². The molecule has 2 atom stereocenters. The molecule has 0 radical (unpaired) electrons. The van der Waals surface area contributed by atoms with Gasteiger partial charge in [0, 0.05) is 0 Å². The molecule has 3 rings (SSSR count). The fourth-order valence-electron chi connectivity index (χ4n) is 6.20. The summed E-state index contributed by atoms with van der Waals surface area (Å²) in [5.74, 6) is 2.37. The first kappa shape index (κ1) is 28.0. The van der Waals surface area contributed by atoms with Crippen LogP contribution in [0.25, 0.3) is 5.57 Å². The number of rotatable bonds is 14. The molecule has 2 aliphatic rings. The van der Waals surface area contributed by atoms with Gasteiger partial charge in [0.05, 0.1) is 5.56 Å². The van der Waals surface area contributed by atoms with Crippen molar-refractivity contribution in [3.05, 3.63) is 41.5 Å². The molecule has 0 heterocycles. The number of carbonyl (C=O) groups excluding carboxylic acids is 1. The van der Waals surface area contributed by atoms with Crippen LogP contribution in [-0.4, -0.2) is 12.1 Å². The predicted octanol–water partition coefficient (Wildman–Crippen LogP) is 10.2. The number of ether oxygens (including phenoxy) is 1. The minimum Gasteiger partial charge on any atom is -0.459 e. The number of hydrogen-bond donors (Lipinski definition) is 0. The van der Waals surface area contributed by atoms with Gasteiger partial charge >= 0.3 is 5.97 Å². The highest BCUT2D eigenvalue weighted by atomic mass is 16.5. The van der Waals surface area contributed by atoms with Crippen molar-refractivity contribution >= 4 is 11.5 Å². The van der Waals surface area contributed by atoms with Gasteiger partial charge in [0.25, 0.3) is 0 Å². The van der Waals surface area contributed by atoms with Crippen LogP contribution in [0.3, 0.4) is 0 Å². The van der Waals surface area contributed by atoms with Crippen LogP contribution in [0.5, 0.6) is 0 Å². The zero-order chi connectivity index (χ0) is 24.9. The van der Waals surface area contributed by atoms with Crippen molar-refractivity contribution in [2.24, 2.45) is 17.8 Å². The number of unbranched alkanes of at least 4 members (excludes halogenated alkanes) is 6. The molecule has 1 aromatic carbocycles. The molecule has 196 valence electrons. The zero-order valence-electron chi connectivity index (χ0n) is 23.0. The van der Waals surface area contributed by atoms with E-state index in [1.807, 2.05) is 12.1 Å². The Morgan fingerprint density at radius 3 is 2.23 bits per heavy atom. The van der Waals surface area contributed by atoms with Crippen LogP contribution in [0.15, 0.2) is 30.3 Å². The fraction of sp³-hybridized carbons (Fsp3) is 0.727. The van der Waals surface area contributed by atoms with Gasteiger partial charge in [-0.1, -0.05) is 103 Å². The fourth-order valence-corrected chi connectivity index (χ4v) is 6.20. The Balaban J connectivity index is 1.39. The molecule has 0 bridgehead atoms. The minimum absolute atomic E-state index is 0.107. The average Bonchev–Trinajstić information content (AvgIpc) is 2.90. The molecule has 0 N–H and O–H groups in total. The van der Waals surface area contributed by atoms with E-state index in [0.29, 0.717) is 5.56 Å². The molecule has 0 saturated heterocycles. The van der Waals surface area contributed by atoms with Crippen LogP contribution < -0.4 is 0 Å². The van der Waals surface area contributed by atoms with E-state index in [9.17, 15) is 4.79 Å². The summed E-state index contributed by atoms with van der Waals surface area (Å²) in [5.41, 5.74) is 3.43. The molecule has 0 aromatic heterocycles. The molecule has 1 saturated carbocycles. The standard InChI is InChI=1S/C33H52O2/c1-4-6-8-9-11-13-27-14-24-32(25-15-27)35-33(34)31-22-20-30(21-23-31)29-18-16-28(17-19-29)26(3)12-10-7-5-2/h18,20-23,26-28,32H,4-17,19,24-25H2,1-3H3. The molecule has 0 amide bonds. The maximum atomic E-state index is 12.7. The summed E-state index contributed by atoms with van der Waals surface area (Å²) in [6.07, 6.45) is 24.4. The molecule has 2 nitrogen and oxygen atoms in total. The van der Waals surface area contributed by atoms with Gasteiger partial charge in [-0.25, -0.2) is 4.79 Å². The molecule has 35 heavy (non-hydrogen) atoms. The van der Waals surface area contributed by atoms with Crippen molar-refractivity contribution in [1.29, 1.82) is 0 Å².